The molecule has 4 rings (SSSR count). The molecule has 0 spiro atoms. The summed E-state index contributed by atoms with van der Waals surface area (Å²) in [5.41, 5.74) is 3.85. The first kappa shape index (κ1) is 26.6. The van der Waals surface area contributed by atoms with Crippen molar-refractivity contribution in [2.45, 2.75) is 20.0 Å². The summed E-state index contributed by atoms with van der Waals surface area (Å²) in [7, 11) is 5.70. The SMILES string of the molecule is COc1cc2c(NC(=Nc3c(C)cccc3C)NCCN(C)C)ncnc2cc1OCC1CNCCO1. The monoisotopic (exact) mass is 507 g/mol. The molecule has 0 aliphatic carbocycles. The lowest BCUT2D eigenvalue weighted by Gasteiger charge is -2.24. The van der Waals surface area contributed by atoms with Crippen molar-refractivity contribution in [3.8, 4) is 11.5 Å². The number of aromatic nitrogens is 2. The number of aryl methyl sites for hydroxylation is 2. The van der Waals surface area contributed by atoms with Gasteiger partial charge in [-0.25, -0.2) is 15.0 Å². The third-order valence-corrected chi connectivity index (χ3v) is 6.10. The van der Waals surface area contributed by atoms with E-state index in [9.17, 15) is 0 Å². The van der Waals surface area contributed by atoms with Gasteiger partial charge in [0.2, 0.25) is 5.96 Å². The number of fused-ring (bicyclic) bond motifs is 1. The number of benzene rings is 2. The quantitative estimate of drug-likeness (QED) is 0.298. The summed E-state index contributed by atoms with van der Waals surface area (Å²) in [6, 6.07) is 9.92. The van der Waals surface area contributed by atoms with Crippen LogP contribution in [0.5, 0.6) is 11.5 Å². The van der Waals surface area contributed by atoms with E-state index in [1.165, 1.54) is 6.33 Å². The predicted octanol–water partition coefficient (Wildman–Crippen LogP) is 2.87. The van der Waals surface area contributed by atoms with Crippen LogP contribution in [0.25, 0.3) is 10.9 Å². The maximum absolute atomic E-state index is 6.07. The lowest BCUT2D eigenvalue weighted by molar-refractivity contribution is -0.000235. The minimum atomic E-state index is -0.00584. The summed E-state index contributed by atoms with van der Waals surface area (Å²) in [6.45, 7) is 8.41. The first-order valence-corrected chi connectivity index (χ1v) is 12.5. The Morgan fingerprint density at radius 1 is 1.19 bits per heavy atom. The number of rotatable bonds is 9. The Morgan fingerprint density at radius 2 is 2.00 bits per heavy atom. The van der Waals surface area contributed by atoms with E-state index >= 15 is 0 Å². The molecule has 1 aliphatic heterocycles. The molecule has 0 saturated carbocycles. The molecule has 0 amide bonds. The average Bonchev–Trinajstić information content (AvgIpc) is 2.89. The Morgan fingerprint density at radius 3 is 2.70 bits per heavy atom. The van der Waals surface area contributed by atoms with Gasteiger partial charge in [-0.15, -0.1) is 0 Å². The smallest absolute Gasteiger partial charge is 0.202 e. The molecule has 0 radical (unpaired) electrons. The molecule has 1 atom stereocenters. The van der Waals surface area contributed by atoms with Crippen LogP contribution in [0.15, 0.2) is 41.7 Å². The van der Waals surface area contributed by atoms with Gasteiger partial charge in [0.05, 0.1) is 24.9 Å². The topological polar surface area (TPSA) is 105 Å². The highest BCUT2D eigenvalue weighted by atomic mass is 16.5. The number of guanidine groups is 1. The van der Waals surface area contributed by atoms with Gasteiger partial charge < -0.3 is 35.1 Å². The van der Waals surface area contributed by atoms with Crippen molar-refractivity contribution >= 4 is 28.4 Å². The summed E-state index contributed by atoms with van der Waals surface area (Å²) in [5.74, 6) is 2.45. The summed E-state index contributed by atoms with van der Waals surface area (Å²) in [4.78, 5) is 16.1. The zero-order valence-corrected chi connectivity index (χ0v) is 22.3. The summed E-state index contributed by atoms with van der Waals surface area (Å²) >= 11 is 0. The van der Waals surface area contributed by atoms with Crippen molar-refractivity contribution in [3.63, 3.8) is 0 Å². The van der Waals surface area contributed by atoms with Crippen LogP contribution in [0.2, 0.25) is 0 Å². The summed E-state index contributed by atoms with van der Waals surface area (Å²) in [6.07, 6.45) is 1.53. The lowest BCUT2D eigenvalue weighted by Crippen LogP contribution is -2.41. The molecule has 10 heteroatoms. The fourth-order valence-corrected chi connectivity index (χ4v) is 4.06. The van der Waals surface area contributed by atoms with Gasteiger partial charge in [0, 0.05) is 37.6 Å². The Hall–Kier alpha value is -3.47. The van der Waals surface area contributed by atoms with Gasteiger partial charge in [0.25, 0.3) is 0 Å². The van der Waals surface area contributed by atoms with Crippen molar-refractivity contribution < 1.29 is 14.2 Å². The number of ether oxygens (including phenoxy) is 3. The summed E-state index contributed by atoms with van der Waals surface area (Å²) in [5, 5.41) is 10.9. The number of methoxy groups -OCH3 is 1. The lowest BCUT2D eigenvalue weighted by atomic mass is 10.1. The fourth-order valence-electron chi connectivity index (χ4n) is 4.06. The van der Waals surface area contributed by atoms with Crippen molar-refractivity contribution in [2.75, 3.05) is 65.9 Å². The highest BCUT2D eigenvalue weighted by Crippen LogP contribution is 2.34. The van der Waals surface area contributed by atoms with Gasteiger partial charge >= 0.3 is 0 Å². The number of morpholine rings is 1. The number of para-hydroxylation sites is 1. The molecule has 198 valence electrons. The summed E-state index contributed by atoms with van der Waals surface area (Å²) < 4.78 is 17.5. The van der Waals surface area contributed by atoms with Crippen molar-refractivity contribution in [2.24, 2.45) is 4.99 Å². The molecule has 3 N–H and O–H groups in total. The van der Waals surface area contributed by atoms with E-state index in [0.29, 0.717) is 43.0 Å². The Kier molecular flexibility index (Phi) is 9.10. The Balaban J connectivity index is 1.63. The van der Waals surface area contributed by atoms with E-state index in [-0.39, 0.29) is 6.10 Å². The van der Waals surface area contributed by atoms with Crippen LogP contribution in [0, 0.1) is 13.8 Å². The highest BCUT2D eigenvalue weighted by Gasteiger charge is 2.17. The van der Waals surface area contributed by atoms with E-state index in [1.54, 1.807) is 7.11 Å². The van der Waals surface area contributed by atoms with Crippen molar-refractivity contribution in [1.82, 2.24) is 25.5 Å². The molecule has 1 fully saturated rings. The second-order valence-corrected chi connectivity index (χ2v) is 9.31. The highest BCUT2D eigenvalue weighted by molar-refractivity contribution is 6.02. The zero-order valence-electron chi connectivity index (χ0n) is 22.3. The van der Waals surface area contributed by atoms with Gasteiger partial charge in [-0.1, -0.05) is 18.2 Å². The number of likely N-dealkylation sites (N-methyl/N-ethyl adjacent to an activating group) is 1. The van der Waals surface area contributed by atoms with E-state index in [4.69, 9.17) is 19.2 Å². The third-order valence-electron chi connectivity index (χ3n) is 6.10. The molecule has 37 heavy (non-hydrogen) atoms. The maximum atomic E-state index is 6.07. The number of nitrogens with one attached hydrogen (secondary N) is 3. The van der Waals surface area contributed by atoms with Gasteiger partial charge in [0.1, 0.15) is 24.9 Å². The number of aliphatic imine (C=N–C) groups is 1. The fraction of sp³-hybridized carbons (Fsp3) is 0.444. The van der Waals surface area contributed by atoms with E-state index in [1.807, 2.05) is 32.3 Å². The molecule has 1 aromatic heterocycles. The Labute approximate surface area is 218 Å². The van der Waals surface area contributed by atoms with Crippen LogP contribution >= 0.6 is 0 Å². The van der Waals surface area contributed by atoms with E-state index in [2.05, 4.69) is 56.8 Å². The zero-order chi connectivity index (χ0) is 26.2. The van der Waals surface area contributed by atoms with Crippen LogP contribution in [0.4, 0.5) is 11.5 Å². The third kappa shape index (κ3) is 7.06. The van der Waals surface area contributed by atoms with Gasteiger partial charge in [-0.05, 0) is 45.1 Å². The number of hydrogen-bond donors (Lipinski definition) is 3. The second kappa shape index (κ2) is 12.7. The van der Waals surface area contributed by atoms with Crippen molar-refractivity contribution in [3.05, 3.63) is 47.8 Å². The first-order chi connectivity index (χ1) is 17.9. The second-order valence-electron chi connectivity index (χ2n) is 9.31. The predicted molar refractivity (Wildman–Crippen MR) is 147 cm³/mol. The minimum Gasteiger partial charge on any atom is -0.493 e. The maximum Gasteiger partial charge on any atom is 0.202 e. The van der Waals surface area contributed by atoms with Crippen molar-refractivity contribution in [1.29, 1.82) is 0 Å². The Bertz CT molecular complexity index is 1210. The average molecular weight is 508 g/mol. The van der Waals surface area contributed by atoms with Gasteiger partial charge in [0.15, 0.2) is 11.5 Å². The van der Waals surface area contributed by atoms with Crippen LogP contribution < -0.4 is 25.4 Å². The molecule has 3 aromatic rings. The van der Waals surface area contributed by atoms with E-state index in [0.717, 1.165) is 47.4 Å². The van der Waals surface area contributed by atoms with Crippen LogP contribution in [-0.2, 0) is 4.74 Å². The molecule has 1 aliphatic rings. The largest absolute Gasteiger partial charge is 0.493 e. The molecule has 2 aromatic carbocycles. The molecule has 1 unspecified atom stereocenters. The standard InChI is InChI=1S/C27H37N7O3/c1-18-7-6-8-19(2)25(18)32-27(29-9-11-34(3)4)33-26-21-13-23(35-5)24(14-22(21)30-17-31-26)37-16-20-15-28-10-12-36-20/h6-8,13-14,17,20,28H,9-12,15-16H2,1-5H3,(H2,29,30,31,32,33). The van der Waals surface area contributed by atoms with Crippen LogP contribution in [0.1, 0.15) is 11.1 Å². The molecular formula is C27H37N7O3. The van der Waals surface area contributed by atoms with Gasteiger partial charge in [-0.3, -0.25) is 0 Å². The number of hydrogen-bond acceptors (Lipinski definition) is 8. The molecule has 2 heterocycles. The van der Waals surface area contributed by atoms with Gasteiger partial charge in [-0.2, -0.15) is 0 Å². The molecule has 1 saturated heterocycles. The first-order valence-electron chi connectivity index (χ1n) is 12.5. The normalized spacial score (nSPS) is 16.2. The molecular weight excluding hydrogens is 470 g/mol. The number of anilines is 1. The number of nitrogens with zero attached hydrogens (tertiary/aromatic N) is 4. The molecule has 10 nitrogen and oxygen atoms in total. The minimum absolute atomic E-state index is 0.00584. The molecule has 0 bridgehead atoms. The van der Waals surface area contributed by atoms with Crippen LogP contribution in [0.3, 0.4) is 0 Å². The van der Waals surface area contributed by atoms with E-state index < -0.39 is 0 Å². The van der Waals surface area contributed by atoms with Crippen LogP contribution in [-0.4, -0.2) is 87.5 Å².